The maximum atomic E-state index is 12.3. The van der Waals surface area contributed by atoms with Crippen molar-refractivity contribution in [1.29, 1.82) is 0 Å². The van der Waals surface area contributed by atoms with Crippen LogP contribution in [0.3, 0.4) is 0 Å². The molecule has 21 heavy (non-hydrogen) atoms. The fraction of sp³-hybridized carbons (Fsp3) is 0.467. The Hall–Kier alpha value is -2.08. The Labute approximate surface area is 123 Å². The van der Waals surface area contributed by atoms with E-state index < -0.39 is 11.5 Å². The van der Waals surface area contributed by atoms with Crippen LogP contribution in [0.4, 0.5) is 0 Å². The molecule has 114 valence electrons. The Balaban J connectivity index is 2.06. The van der Waals surface area contributed by atoms with Crippen LogP contribution < -0.4 is 10.1 Å². The number of benzene rings is 1. The molecule has 1 aromatic carbocycles. The number of carbonyl (C=O) groups excluding carboxylic acids is 1. The Morgan fingerprint density at radius 2 is 2.10 bits per heavy atom. The van der Waals surface area contributed by atoms with E-state index in [0.717, 1.165) is 0 Å². The number of carboxylic acid groups (broad SMARTS) is 1. The number of hydrogen-bond acceptors (Lipinski definition) is 4. The number of ether oxygens (including phenoxy) is 2. The second-order valence-corrected chi connectivity index (χ2v) is 5.06. The second-order valence-electron chi connectivity index (χ2n) is 5.06. The minimum absolute atomic E-state index is 0.143. The van der Waals surface area contributed by atoms with E-state index >= 15 is 0 Å². The van der Waals surface area contributed by atoms with Gasteiger partial charge in [0.1, 0.15) is 5.75 Å². The van der Waals surface area contributed by atoms with Gasteiger partial charge in [-0.15, -0.1) is 0 Å². The molecule has 0 spiro atoms. The Bertz CT molecular complexity index is 505. The number of aliphatic carboxylic acids is 1. The lowest BCUT2D eigenvalue weighted by Crippen LogP contribution is -2.50. The van der Waals surface area contributed by atoms with Gasteiger partial charge in [-0.3, -0.25) is 9.59 Å². The monoisotopic (exact) mass is 293 g/mol. The lowest BCUT2D eigenvalue weighted by atomic mass is 9.93. The van der Waals surface area contributed by atoms with Crippen molar-refractivity contribution in [3.05, 3.63) is 29.8 Å². The van der Waals surface area contributed by atoms with E-state index in [1.807, 2.05) is 6.92 Å². The SMILES string of the molecule is CCOc1ccc(C(=O)NC2(CC(=O)O)CCOC2)cc1. The van der Waals surface area contributed by atoms with Gasteiger partial charge in [-0.05, 0) is 37.6 Å². The van der Waals surface area contributed by atoms with E-state index in [0.29, 0.717) is 30.9 Å². The summed E-state index contributed by atoms with van der Waals surface area (Å²) in [5.74, 6) is -0.559. The van der Waals surface area contributed by atoms with E-state index in [9.17, 15) is 9.59 Å². The number of amides is 1. The van der Waals surface area contributed by atoms with E-state index in [2.05, 4.69) is 5.32 Å². The number of rotatable bonds is 6. The van der Waals surface area contributed by atoms with Crippen molar-refractivity contribution in [1.82, 2.24) is 5.32 Å². The van der Waals surface area contributed by atoms with Crippen molar-refractivity contribution < 1.29 is 24.2 Å². The lowest BCUT2D eigenvalue weighted by Gasteiger charge is -2.27. The smallest absolute Gasteiger partial charge is 0.305 e. The van der Waals surface area contributed by atoms with E-state index in [1.165, 1.54) is 0 Å². The van der Waals surface area contributed by atoms with Crippen LogP contribution in [0.15, 0.2) is 24.3 Å². The van der Waals surface area contributed by atoms with Gasteiger partial charge >= 0.3 is 5.97 Å². The molecule has 0 aliphatic carbocycles. The zero-order valence-corrected chi connectivity index (χ0v) is 11.9. The number of hydrogen-bond donors (Lipinski definition) is 2. The van der Waals surface area contributed by atoms with Crippen molar-refractivity contribution in [2.24, 2.45) is 0 Å². The van der Waals surface area contributed by atoms with E-state index in [-0.39, 0.29) is 18.9 Å². The van der Waals surface area contributed by atoms with Crippen LogP contribution in [0.5, 0.6) is 5.75 Å². The first kappa shape index (κ1) is 15.3. The zero-order valence-electron chi connectivity index (χ0n) is 11.9. The first-order valence-corrected chi connectivity index (χ1v) is 6.89. The molecule has 6 heteroatoms. The molecule has 1 fully saturated rings. The van der Waals surface area contributed by atoms with Gasteiger partial charge in [-0.2, -0.15) is 0 Å². The van der Waals surface area contributed by atoms with E-state index in [1.54, 1.807) is 24.3 Å². The Morgan fingerprint density at radius 3 is 2.62 bits per heavy atom. The first-order valence-electron chi connectivity index (χ1n) is 6.89. The summed E-state index contributed by atoms with van der Waals surface area (Å²) < 4.78 is 10.6. The van der Waals surface area contributed by atoms with Crippen molar-refractivity contribution in [2.75, 3.05) is 19.8 Å². The number of carboxylic acids is 1. The minimum Gasteiger partial charge on any atom is -0.494 e. The highest BCUT2D eigenvalue weighted by atomic mass is 16.5. The minimum atomic E-state index is -0.951. The van der Waals surface area contributed by atoms with Crippen LogP contribution in [0.2, 0.25) is 0 Å². The summed E-state index contributed by atoms with van der Waals surface area (Å²) in [5.41, 5.74) is -0.350. The Morgan fingerprint density at radius 1 is 1.38 bits per heavy atom. The highest BCUT2D eigenvalue weighted by Crippen LogP contribution is 2.23. The van der Waals surface area contributed by atoms with Crippen LogP contribution in [0, 0.1) is 0 Å². The van der Waals surface area contributed by atoms with Crippen LogP contribution in [-0.2, 0) is 9.53 Å². The van der Waals surface area contributed by atoms with Crippen LogP contribution >= 0.6 is 0 Å². The molecule has 1 saturated heterocycles. The summed E-state index contributed by atoms with van der Waals surface area (Å²) in [6.45, 7) is 3.12. The molecule has 1 amide bonds. The van der Waals surface area contributed by atoms with Crippen molar-refractivity contribution >= 4 is 11.9 Å². The van der Waals surface area contributed by atoms with Gasteiger partial charge in [0.05, 0.1) is 25.2 Å². The predicted octanol–water partition coefficient (Wildman–Crippen LogP) is 1.45. The average Bonchev–Trinajstić information content (AvgIpc) is 2.87. The molecule has 0 radical (unpaired) electrons. The molecular weight excluding hydrogens is 274 g/mol. The van der Waals surface area contributed by atoms with Gasteiger partial charge in [0.2, 0.25) is 0 Å². The molecule has 0 bridgehead atoms. The van der Waals surface area contributed by atoms with Crippen LogP contribution in [0.25, 0.3) is 0 Å². The summed E-state index contributed by atoms with van der Waals surface area (Å²) in [5, 5.41) is 11.8. The molecule has 2 N–H and O–H groups in total. The third-order valence-electron chi connectivity index (χ3n) is 3.40. The molecule has 0 saturated carbocycles. The van der Waals surface area contributed by atoms with Crippen LogP contribution in [0.1, 0.15) is 30.1 Å². The molecule has 1 aliphatic heterocycles. The topological polar surface area (TPSA) is 84.9 Å². The number of carbonyl (C=O) groups is 2. The van der Waals surface area contributed by atoms with Crippen LogP contribution in [-0.4, -0.2) is 42.3 Å². The summed E-state index contributed by atoms with van der Waals surface area (Å²) >= 11 is 0. The van der Waals surface area contributed by atoms with Crippen molar-refractivity contribution in [2.45, 2.75) is 25.3 Å². The molecule has 1 aromatic rings. The fourth-order valence-corrected chi connectivity index (χ4v) is 2.36. The third kappa shape index (κ3) is 3.95. The molecule has 6 nitrogen and oxygen atoms in total. The number of nitrogens with one attached hydrogen (secondary N) is 1. The summed E-state index contributed by atoms with van der Waals surface area (Å²) in [6.07, 6.45) is 0.359. The summed E-state index contributed by atoms with van der Waals surface area (Å²) in [6, 6.07) is 6.75. The van der Waals surface area contributed by atoms with Crippen molar-refractivity contribution in [3.8, 4) is 5.75 Å². The fourth-order valence-electron chi connectivity index (χ4n) is 2.36. The van der Waals surface area contributed by atoms with Gasteiger partial charge in [-0.1, -0.05) is 0 Å². The molecular formula is C15H19NO5. The van der Waals surface area contributed by atoms with Gasteiger partial charge in [0.15, 0.2) is 0 Å². The lowest BCUT2D eigenvalue weighted by molar-refractivity contribution is -0.138. The largest absolute Gasteiger partial charge is 0.494 e. The Kier molecular flexibility index (Phi) is 4.80. The summed E-state index contributed by atoms with van der Waals surface area (Å²) in [4.78, 5) is 23.2. The van der Waals surface area contributed by atoms with Gasteiger partial charge in [0, 0.05) is 12.2 Å². The summed E-state index contributed by atoms with van der Waals surface area (Å²) in [7, 11) is 0. The molecule has 1 atom stereocenters. The maximum absolute atomic E-state index is 12.3. The second kappa shape index (κ2) is 6.58. The van der Waals surface area contributed by atoms with Crippen molar-refractivity contribution in [3.63, 3.8) is 0 Å². The predicted molar refractivity (Wildman–Crippen MR) is 75.5 cm³/mol. The normalized spacial score (nSPS) is 21.0. The molecule has 1 heterocycles. The van der Waals surface area contributed by atoms with Gasteiger partial charge in [0.25, 0.3) is 5.91 Å². The highest BCUT2D eigenvalue weighted by molar-refractivity contribution is 5.95. The average molecular weight is 293 g/mol. The molecule has 2 rings (SSSR count). The zero-order chi connectivity index (χ0) is 15.3. The quantitative estimate of drug-likeness (QED) is 0.829. The molecule has 1 aliphatic rings. The maximum Gasteiger partial charge on any atom is 0.305 e. The molecule has 0 aromatic heterocycles. The van der Waals surface area contributed by atoms with Gasteiger partial charge in [-0.25, -0.2) is 0 Å². The molecule has 1 unspecified atom stereocenters. The third-order valence-corrected chi connectivity index (χ3v) is 3.40. The highest BCUT2D eigenvalue weighted by Gasteiger charge is 2.38. The first-order chi connectivity index (χ1) is 10.0. The standard InChI is InChI=1S/C15H19NO5/c1-2-21-12-5-3-11(4-6-12)14(19)16-15(9-13(17)18)7-8-20-10-15/h3-6H,2,7-10H2,1H3,(H,16,19)(H,17,18). The van der Waals surface area contributed by atoms with E-state index in [4.69, 9.17) is 14.6 Å². The van der Waals surface area contributed by atoms with Gasteiger partial charge < -0.3 is 19.9 Å².